The molecule has 2 heterocycles. The summed E-state index contributed by atoms with van der Waals surface area (Å²) in [5.41, 5.74) is 1.25. The minimum Gasteiger partial charge on any atom is -0.317 e. The Morgan fingerprint density at radius 2 is 2.26 bits per heavy atom. The fourth-order valence-corrected chi connectivity index (χ4v) is 3.79. The predicted molar refractivity (Wildman–Crippen MR) is 82.9 cm³/mol. The molecule has 0 radical (unpaired) electrons. The molecule has 2 rings (SSSR count). The van der Waals surface area contributed by atoms with E-state index in [0.717, 1.165) is 12.8 Å². The maximum atomic E-state index is 4.81. The minimum atomic E-state index is 0.508. The Labute approximate surface area is 121 Å². The number of hydrogen-bond acceptors (Lipinski definition) is 4. The number of hydrogen-bond donors (Lipinski definition) is 1. The average Bonchev–Trinajstić information content (AvgIpc) is 2.99. The molecule has 0 bridgehead atoms. The second-order valence-corrected chi connectivity index (χ2v) is 6.90. The van der Waals surface area contributed by atoms with Crippen LogP contribution in [0.2, 0.25) is 0 Å². The van der Waals surface area contributed by atoms with Gasteiger partial charge in [0.25, 0.3) is 0 Å². The first-order chi connectivity index (χ1) is 9.10. The maximum absolute atomic E-state index is 4.81. The van der Waals surface area contributed by atoms with E-state index in [1.807, 2.05) is 18.4 Å². The van der Waals surface area contributed by atoms with E-state index in [1.54, 1.807) is 0 Å². The quantitative estimate of drug-likeness (QED) is 0.869. The molecule has 1 saturated heterocycles. The summed E-state index contributed by atoms with van der Waals surface area (Å²) >= 11 is 1.84. The molecular weight excluding hydrogens is 254 g/mol. The largest absolute Gasteiger partial charge is 0.317 e. The van der Waals surface area contributed by atoms with Crippen LogP contribution in [0, 0.1) is 0 Å². The highest BCUT2D eigenvalue weighted by Crippen LogP contribution is 2.24. The zero-order valence-electron chi connectivity index (χ0n) is 12.6. The van der Waals surface area contributed by atoms with Crippen molar-refractivity contribution in [2.24, 2.45) is 0 Å². The molecule has 1 aliphatic rings. The molecule has 1 fully saturated rings. The second-order valence-electron chi connectivity index (χ2n) is 5.96. The van der Waals surface area contributed by atoms with E-state index in [9.17, 15) is 0 Å². The third kappa shape index (κ3) is 4.01. The molecule has 0 aromatic carbocycles. The minimum absolute atomic E-state index is 0.508. The number of nitrogens with zero attached hydrogens (tertiary/aromatic N) is 2. The van der Waals surface area contributed by atoms with Crippen molar-refractivity contribution in [3.05, 3.63) is 16.1 Å². The summed E-state index contributed by atoms with van der Waals surface area (Å²) in [5.74, 6) is 0. The van der Waals surface area contributed by atoms with Crippen LogP contribution in [-0.2, 0) is 12.8 Å². The van der Waals surface area contributed by atoms with Crippen LogP contribution in [0.5, 0.6) is 0 Å². The Morgan fingerprint density at radius 3 is 2.95 bits per heavy atom. The lowest BCUT2D eigenvalue weighted by atomic mass is 10.1. The van der Waals surface area contributed by atoms with Gasteiger partial charge in [-0.05, 0) is 47.2 Å². The standard InChI is InChI=1S/C15H27N3S/c1-11(2)18-7-5-6-14(18)9-15-17-13(10-19-15)8-12(3)16-4/h10-12,14,16H,5-9H2,1-4H3. The Kier molecular flexibility index (Phi) is 5.37. The van der Waals surface area contributed by atoms with Crippen LogP contribution in [-0.4, -0.2) is 41.6 Å². The smallest absolute Gasteiger partial charge is 0.0943 e. The van der Waals surface area contributed by atoms with Crippen LogP contribution >= 0.6 is 11.3 Å². The predicted octanol–water partition coefficient (Wildman–Crippen LogP) is 2.71. The van der Waals surface area contributed by atoms with Gasteiger partial charge in [0.15, 0.2) is 0 Å². The summed E-state index contributed by atoms with van der Waals surface area (Å²) in [6.45, 7) is 8.08. The highest BCUT2D eigenvalue weighted by atomic mass is 32.1. The SMILES string of the molecule is CNC(C)Cc1csc(CC2CCCN2C(C)C)n1. The third-order valence-corrected chi connectivity index (χ3v) is 5.02. The molecule has 0 spiro atoms. The summed E-state index contributed by atoms with van der Waals surface area (Å²) in [4.78, 5) is 7.44. The molecule has 2 atom stereocenters. The normalized spacial score (nSPS) is 22.3. The summed E-state index contributed by atoms with van der Waals surface area (Å²) in [6.07, 6.45) is 4.85. The van der Waals surface area contributed by atoms with Crippen molar-refractivity contribution in [1.29, 1.82) is 0 Å². The first-order valence-corrected chi connectivity index (χ1v) is 8.34. The maximum Gasteiger partial charge on any atom is 0.0943 e. The molecule has 1 aromatic rings. The van der Waals surface area contributed by atoms with Crippen molar-refractivity contribution in [3.8, 4) is 0 Å². The first-order valence-electron chi connectivity index (χ1n) is 7.46. The second kappa shape index (κ2) is 6.82. The molecule has 0 saturated carbocycles. The summed E-state index contributed by atoms with van der Waals surface area (Å²) in [6, 6.07) is 1.88. The van der Waals surface area contributed by atoms with Gasteiger partial charge in [-0.1, -0.05) is 0 Å². The van der Waals surface area contributed by atoms with Crippen LogP contribution < -0.4 is 5.32 Å². The fourth-order valence-electron chi connectivity index (χ4n) is 2.91. The van der Waals surface area contributed by atoms with Gasteiger partial charge >= 0.3 is 0 Å². The lowest BCUT2D eigenvalue weighted by Gasteiger charge is -2.27. The first kappa shape index (κ1) is 14.9. The van der Waals surface area contributed by atoms with E-state index in [2.05, 4.69) is 36.4 Å². The van der Waals surface area contributed by atoms with Crippen molar-refractivity contribution >= 4 is 11.3 Å². The number of rotatable bonds is 6. The van der Waals surface area contributed by atoms with Gasteiger partial charge in [-0.3, -0.25) is 4.90 Å². The van der Waals surface area contributed by atoms with Gasteiger partial charge < -0.3 is 5.32 Å². The monoisotopic (exact) mass is 281 g/mol. The topological polar surface area (TPSA) is 28.2 Å². The van der Waals surface area contributed by atoms with E-state index < -0.39 is 0 Å². The molecule has 3 nitrogen and oxygen atoms in total. The van der Waals surface area contributed by atoms with E-state index in [1.165, 1.54) is 30.1 Å². The molecule has 108 valence electrons. The van der Waals surface area contributed by atoms with Crippen molar-refractivity contribution in [3.63, 3.8) is 0 Å². The van der Waals surface area contributed by atoms with E-state index in [4.69, 9.17) is 4.98 Å². The third-order valence-electron chi connectivity index (χ3n) is 4.10. The fraction of sp³-hybridized carbons (Fsp3) is 0.800. The molecule has 2 unspecified atom stereocenters. The summed E-state index contributed by atoms with van der Waals surface area (Å²) < 4.78 is 0. The van der Waals surface area contributed by atoms with Gasteiger partial charge in [0.2, 0.25) is 0 Å². The van der Waals surface area contributed by atoms with Crippen LogP contribution in [0.4, 0.5) is 0 Å². The number of aromatic nitrogens is 1. The molecule has 1 aromatic heterocycles. The molecule has 4 heteroatoms. The molecule has 0 amide bonds. The molecule has 0 aliphatic carbocycles. The van der Waals surface area contributed by atoms with Crippen LogP contribution in [0.25, 0.3) is 0 Å². The van der Waals surface area contributed by atoms with Gasteiger partial charge in [0.1, 0.15) is 0 Å². The lowest BCUT2D eigenvalue weighted by molar-refractivity contribution is 0.202. The van der Waals surface area contributed by atoms with Crippen LogP contribution in [0.15, 0.2) is 5.38 Å². The highest BCUT2D eigenvalue weighted by Gasteiger charge is 2.27. The number of thiazole rings is 1. The summed E-state index contributed by atoms with van der Waals surface area (Å²) in [7, 11) is 2.01. The van der Waals surface area contributed by atoms with Gasteiger partial charge in [0.05, 0.1) is 10.7 Å². The molecular formula is C15H27N3S. The number of likely N-dealkylation sites (N-methyl/N-ethyl adjacent to an activating group) is 1. The molecule has 1 N–H and O–H groups in total. The van der Waals surface area contributed by atoms with Crippen molar-refractivity contribution in [2.45, 2.75) is 64.6 Å². The van der Waals surface area contributed by atoms with Crippen LogP contribution in [0.1, 0.15) is 44.3 Å². The Morgan fingerprint density at radius 1 is 1.47 bits per heavy atom. The Balaban J connectivity index is 1.92. The van der Waals surface area contributed by atoms with E-state index >= 15 is 0 Å². The van der Waals surface area contributed by atoms with E-state index in [-0.39, 0.29) is 0 Å². The van der Waals surface area contributed by atoms with Gasteiger partial charge in [0, 0.05) is 36.3 Å². The Bertz CT molecular complexity index is 388. The van der Waals surface area contributed by atoms with Crippen molar-refractivity contribution in [1.82, 2.24) is 15.2 Å². The van der Waals surface area contributed by atoms with Crippen molar-refractivity contribution in [2.75, 3.05) is 13.6 Å². The van der Waals surface area contributed by atoms with E-state index in [0.29, 0.717) is 18.1 Å². The lowest BCUT2D eigenvalue weighted by Crippen LogP contribution is -2.36. The zero-order chi connectivity index (χ0) is 13.8. The van der Waals surface area contributed by atoms with Gasteiger partial charge in [-0.25, -0.2) is 4.98 Å². The molecule has 1 aliphatic heterocycles. The average molecular weight is 281 g/mol. The van der Waals surface area contributed by atoms with Gasteiger partial charge in [-0.15, -0.1) is 11.3 Å². The Hall–Kier alpha value is -0.450. The number of nitrogens with one attached hydrogen (secondary N) is 1. The molecule has 19 heavy (non-hydrogen) atoms. The summed E-state index contributed by atoms with van der Waals surface area (Å²) in [5, 5.41) is 6.82. The number of likely N-dealkylation sites (tertiary alicyclic amines) is 1. The zero-order valence-corrected chi connectivity index (χ0v) is 13.5. The van der Waals surface area contributed by atoms with Gasteiger partial charge in [-0.2, -0.15) is 0 Å². The van der Waals surface area contributed by atoms with Crippen molar-refractivity contribution < 1.29 is 0 Å². The van der Waals surface area contributed by atoms with Crippen LogP contribution in [0.3, 0.4) is 0 Å². The highest BCUT2D eigenvalue weighted by molar-refractivity contribution is 7.09.